The summed E-state index contributed by atoms with van der Waals surface area (Å²) < 4.78 is 5.50. The number of hydrogen-bond acceptors (Lipinski definition) is 3. The van der Waals surface area contributed by atoms with Gasteiger partial charge in [0, 0.05) is 42.2 Å². The second kappa shape index (κ2) is 7.76. The summed E-state index contributed by atoms with van der Waals surface area (Å²) in [7, 11) is 0. The van der Waals surface area contributed by atoms with Crippen molar-refractivity contribution in [1.29, 1.82) is 0 Å². The minimum Gasteiger partial charge on any atom is -0.494 e. The maximum atomic E-state index is 12.5. The number of benzene rings is 2. The third-order valence-electron chi connectivity index (χ3n) is 4.92. The van der Waals surface area contributed by atoms with Crippen molar-refractivity contribution >= 4 is 28.4 Å². The van der Waals surface area contributed by atoms with Gasteiger partial charge in [0.15, 0.2) is 0 Å². The highest BCUT2D eigenvalue weighted by molar-refractivity contribution is 5.98. The third-order valence-corrected chi connectivity index (χ3v) is 4.92. The highest BCUT2D eigenvalue weighted by atomic mass is 16.5. The van der Waals surface area contributed by atoms with E-state index in [-0.39, 0.29) is 11.8 Å². The Kier molecular flexibility index (Phi) is 5.02. The number of nitrogens with zero attached hydrogens (tertiary/aromatic N) is 1. The van der Waals surface area contributed by atoms with Crippen molar-refractivity contribution in [3.05, 3.63) is 59.8 Å². The topological polar surface area (TPSA) is 74.4 Å². The summed E-state index contributed by atoms with van der Waals surface area (Å²) in [5, 5.41) is 3.90. The predicted molar refractivity (Wildman–Crippen MR) is 109 cm³/mol. The first-order valence-electron chi connectivity index (χ1n) is 9.57. The van der Waals surface area contributed by atoms with E-state index in [1.54, 1.807) is 0 Å². The van der Waals surface area contributed by atoms with E-state index in [0.717, 1.165) is 40.9 Å². The highest BCUT2D eigenvalue weighted by Gasteiger charge is 2.21. The smallest absolute Gasteiger partial charge is 0.267 e. The Hall–Kier alpha value is -3.28. The molecule has 2 amide bonds. The molecule has 0 atom stereocenters. The number of aromatic nitrogens is 1. The summed E-state index contributed by atoms with van der Waals surface area (Å²) in [5.74, 6) is 0.792. The van der Waals surface area contributed by atoms with Gasteiger partial charge in [-0.2, -0.15) is 0 Å². The number of carbonyl (C=O) groups excluding carboxylic acids is 2. The fraction of sp³-hybridized carbons (Fsp3) is 0.273. The van der Waals surface area contributed by atoms with Gasteiger partial charge in [-0.05, 0) is 49.2 Å². The van der Waals surface area contributed by atoms with Crippen LogP contribution in [-0.4, -0.2) is 29.9 Å². The summed E-state index contributed by atoms with van der Waals surface area (Å²) in [6.45, 7) is 3.74. The van der Waals surface area contributed by atoms with Crippen LogP contribution in [0, 0.1) is 0 Å². The molecule has 2 aromatic carbocycles. The maximum Gasteiger partial charge on any atom is 0.267 e. The number of H-pyrrole nitrogens is 1. The van der Waals surface area contributed by atoms with E-state index in [1.165, 1.54) is 0 Å². The van der Waals surface area contributed by atoms with E-state index in [4.69, 9.17) is 4.74 Å². The molecule has 0 radical (unpaired) electrons. The average Bonchev–Trinajstić information content (AvgIpc) is 3.32. The molecule has 0 bridgehead atoms. The second-order valence-corrected chi connectivity index (χ2v) is 6.86. The van der Waals surface area contributed by atoms with Gasteiger partial charge in [-0.25, -0.2) is 0 Å². The SMILES string of the molecule is CCOc1ccc2cc(C(=O)NCc3ccc(N4CCCC4=O)cc3)[nH]c2c1. The van der Waals surface area contributed by atoms with Crippen molar-refractivity contribution < 1.29 is 14.3 Å². The van der Waals surface area contributed by atoms with Crippen molar-refractivity contribution in [2.75, 3.05) is 18.1 Å². The maximum absolute atomic E-state index is 12.5. The van der Waals surface area contributed by atoms with E-state index in [1.807, 2.05) is 60.4 Å². The Balaban J connectivity index is 1.40. The van der Waals surface area contributed by atoms with Gasteiger partial charge in [-0.15, -0.1) is 0 Å². The van der Waals surface area contributed by atoms with E-state index in [2.05, 4.69) is 10.3 Å². The summed E-state index contributed by atoms with van der Waals surface area (Å²) in [6, 6.07) is 15.3. The van der Waals surface area contributed by atoms with Crippen molar-refractivity contribution in [2.24, 2.45) is 0 Å². The number of nitrogens with one attached hydrogen (secondary N) is 2. The Labute approximate surface area is 163 Å². The number of hydrogen-bond donors (Lipinski definition) is 2. The van der Waals surface area contributed by atoms with Gasteiger partial charge in [-0.3, -0.25) is 9.59 Å². The molecule has 0 saturated carbocycles. The molecule has 1 fully saturated rings. The van der Waals surface area contributed by atoms with Crippen LogP contribution < -0.4 is 15.0 Å². The lowest BCUT2D eigenvalue weighted by Gasteiger charge is -2.16. The Bertz CT molecular complexity index is 1010. The molecule has 3 aromatic rings. The van der Waals surface area contributed by atoms with Gasteiger partial charge in [0.2, 0.25) is 5.91 Å². The predicted octanol–water partition coefficient (Wildman–Crippen LogP) is 3.62. The molecular formula is C22H23N3O3. The monoisotopic (exact) mass is 377 g/mol. The molecule has 0 unspecified atom stereocenters. The van der Waals surface area contributed by atoms with E-state index >= 15 is 0 Å². The van der Waals surface area contributed by atoms with Crippen LogP contribution in [0.4, 0.5) is 5.69 Å². The zero-order valence-corrected chi connectivity index (χ0v) is 15.8. The Morgan fingerprint density at radius 1 is 1.18 bits per heavy atom. The fourth-order valence-corrected chi connectivity index (χ4v) is 3.48. The van der Waals surface area contributed by atoms with Crippen molar-refractivity contribution in [3.8, 4) is 5.75 Å². The molecule has 1 saturated heterocycles. The van der Waals surface area contributed by atoms with Gasteiger partial charge in [-0.1, -0.05) is 12.1 Å². The quantitative estimate of drug-likeness (QED) is 0.689. The molecule has 6 nitrogen and oxygen atoms in total. The van der Waals surface area contributed by atoms with Crippen molar-refractivity contribution in [2.45, 2.75) is 26.3 Å². The molecule has 1 aromatic heterocycles. The van der Waals surface area contributed by atoms with E-state index in [9.17, 15) is 9.59 Å². The number of carbonyl (C=O) groups is 2. The number of amides is 2. The van der Waals surface area contributed by atoms with Gasteiger partial charge in [0.05, 0.1) is 6.61 Å². The van der Waals surface area contributed by atoms with Crippen LogP contribution in [0.5, 0.6) is 5.75 Å². The molecule has 4 rings (SSSR count). The zero-order valence-electron chi connectivity index (χ0n) is 15.8. The Morgan fingerprint density at radius 2 is 2.00 bits per heavy atom. The number of rotatable bonds is 6. The summed E-state index contributed by atoms with van der Waals surface area (Å²) >= 11 is 0. The second-order valence-electron chi connectivity index (χ2n) is 6.86. The van der Waals surface area contributed by atoms with Crippen LogP contribution >= 0.6 is 0 Å². The normalized spacial score (nSPS) is 13.9. The molecule has 28 heavy (non-hydrogen) atoms. The minimum absolute atomic E-state index is 0.159. The van der Waals surface area contributed by atoms with Gasteiger partial charge < -0.3 is 19.9 Å². The Morgan fingerprint density at radius 3 is 2.71 bits per heavy atom. The first kappa shape index (κ1) is 18.1. The molecule has 1 aliphatic rings. The highest BCUT2D eigenvalue weighted by Crippen LogP contribution is 2.23. The lowest BCUT2D eigenvalue weighted by Crippen LogP contribution is -2.24. The van der Waals surface area contributed by atoms with Gasteiger partial charge in [0.25, 0.3) is 5.91 Å². The lowest BCUT2D eigenvalue weighted by molar-refractivity contribution is -0.117. The van der Waals surface area contributed by atoms with Crippen molar-refractivity contribution in [3.63, 3.8) is 0 Å². The van der Waals surface area contributed by atoms with Gasteiger partial charge in [0.1, 0.15) is 11.4 Å². The first-order chi connectivity index (χ1) is 13.6. The number of aromatic amines is 1. The van der Waals surface area contributed by atoms with Gasteiger partial charge >= 0.3 is 0 Å². The average molecular weight is 377 g/mol. The molecule has 2 N–H and O–H groups in total. The van der Waals surface area contributed by atoms with Crippen LogP contribution in [0.2, 0.25) is 0 Å². The minimum atomic E-state index is -0.159. The summed E-state index contributed by atoms with van der Waals surface area (Å²) in [6.07, 6.45) is 1.53. The third kappa shape index (κ3) is 3.71. The van der Waals surface area contributed by atoms with Crippen molar-refractivity contribution in [1.82, 2.24) is 10.3 Å². The largest absolute Gasteiger partial charge is 0.494 e. The molecular weight excluding hydrogens is 354 g/mol. The number of anilines is 1. The molecule has 144 valence electrons. The lowest BCUT2D eigenvalue weighted by atomic mass is 10.2. The molecule has 1 aliphatic heterocycles. The zero-order chi connectivity index (χ0) is 19.5. The van der Waals surface area contributed by atoms with Crippen LogP contribution in [0.15, 0.2) is 48.5 Å². The fourth-order valence-electron chi connectivity index (χ4n) is 3.48. The van der Waals surface area contributed by atoms with E-state index < -0.39 is 0 Å². The molecule has 0 aliphatic carbocycles. The molecule has 2 heterocycles. The standard InChI is InChI=1S/C22H23N3O3/c1-2-28-18-10-7-16-12-20(24-19(16)13-18)22(27)23-14-15-5-8-17(9-6-15)25-11-3-4-21(25)26/h5-10,12-13,24H,2-4,11,14H2,1H3,(H,23,27). The molecule has 6 heteroatoms. The molecule has 0 spiro atoms. The van der Waals surface area contributed by atoms with E-state index in [0.29, 0.717) is 25.3 Å². The number of ether oxygens (including phenoxy) is 1. The van der Waals surface area contributed by atoms with Crippen LogP contribution in [-0.2, 0) is 11.3 Å². The van der Waals surface area contributed by atoms with Crippen LogP contribution in [0.3, 0.4) is 0 Å². The number of fused-ring (bicyclic) bond motifs is 1. The van der Waals surface area contributed by atoms with Crippen LogP contribution in [0.1, 0.15) is 35.8 Å². The summed E-state index contributed by atoms with van der Waals surface area (Å²) in [5.41, 5.74) is 3.29. The first-order valence-corrected chi connectivity index (χ1v) is 9.57. The summed E-state index contributed by atoms with van der Waals surface area (Å²) in [4.78, 5) is 29.3. The van der Waals surface area contributed by atoms with Crippen LogP contribution in [0.25, 0.3) is 10.9 Å².